The summed E-state index contributed by atoms with van der Waals surface area (Å²) in [4.78, 5) is 39.5. The summed E-state index contributed by atoms with van der Waals surface area (Å²) in [5.74, 6) is 0.107. The van der Waals surface area contributed by atoms with E-state index in [-0.39, 0.29) is 17.4 Å². The number of pyridine rings is 2. The van der Waals surface area contributed by atoms with Crippen molar-refractivity contribution in [2.75, 3.05) is 49.6 Å². The van der Waals surface area contributed by atoms with Crippen LogP contribution in [0.15, 0.2) is 30.5 Å². The molecule has 0 aromatic carbocycles. The van der Waals surface area contributed by atoms with Crippen LogP contribution in [0.5, 0.6) is 0 Å². The van der Waals surface area contributed by atoms with Crippen LogP contribution < -0.4 is 9.80 Å². The Bertz CT molecular complexity index is 1360. The molecule has 10 heteroatoms. The monoisotopic (exact) mass is 503 g/mol. The van der Waals surface area contributed by atoms with Crippen LogP contribution in [0.4, 0.5) is 11.5 Å². The number of hydrogen-bond acceptors (Lipinski definition) is 7. The van der Waals surface area contributed by atoms with Crippen molar-refractivity contribution in [1.82, 2.24) is 24.5 Å². The summed E-state index contributed by atoms with van der Waals surface area (Å²) in [5.41, 5.74) is 3.50. The highest BCUT2D eigenvalue weighted by Crippen LogP contribution is 2.49. The van der Waals surface area contributed by atoms with Gasteiger partial charge in [-0.05, 0) is 62.3 Å². The van der Waals surface area contributed by atoms with Crippen molar-refractivity contribution in [2.24, 2.45) is 11.3 Å². The Kier molecular flexibility index (Phi) is 5.77. The van der Waals surface area contributed by atoms with Gasteiger partial charge < -0.3 is 19.8 Å². The van der Waals surface area contributed by atoms with E-state index >= 15 is 0 Å². The smallest absolute Gasteiger partial charge is 0.354 e. The number of carboxylic acids is 1. The van der Waals surface area contributed by atoms with Crippen molar-refractivity contribution in [1.29, 1.82) is 0 Å². The molecule has 0 radical (unpaired) electrons. The molecule has 6 rings (SSSR count). The summed E-state index contributed by atoms with van der Waals surface area (Å²) in [6.45, 7) is 6.35. The summed E-state index contributed by atoms with van der Waals surface area (Å²) >= 11 is 0. The SMILES string of the molecule is Cc1cc(N2CC3(CCC3)C2)cn2nc(C(=O)N3CCC(CCN(C)c4cccc(C(=O)O)n4)C3)nc12. The molecule has 10 nitrogen and oxygen atoms in total. The van der Waals surface area contributed by atoms with Crippen molar-refractivity contribution < 1.29 is 14.7 Å². The summed E-state index contributed by atoms with van der Waals surface area (Å²) in [5, 5.41) is 13.8. The zero-order valence-corrected chi connectivity index (χ0v) is 21.4. The van der Waals surface area contributed by atoms with E-state index in [2.05, 4.69) is 26.0 Å². The maximum Gasteiger partial charge on any atom is 0.354 e. The number of anilines is 2. The van der Waals surface area contributed by atoms with Crippen LogP contribution in [-0.2, 0) is 0 Å². The van der Waals surface area contributed by atoms with Gasteiger partial charge in [-0.15, -0.1) is 5.10 Å². The Balaban J connectivity index is 1.07. The number of aromatic nitrogens is 4. The van der Waals surface area contributed by atoms with Gasteiger partial charge in [-0.25, -0.2) is 19.3 Å². The highest BCUT2D eigenvalue weighted by molar-refractivity contribution is 5.91. The van der Waals surface area contributed by atoms with Gasteiger partial charge in [-0.2, -0.15) is 0 Å². The molecule has 1 spiro atoms. The van der Waals surface area contributed by atoms with Gasteiger partial charge >= 0.3 is 5.97 Å². The first-order valence-corrected chi connectivity index (χ1v) is 13.1. The molecule has 0 bridgehead atoms. The van der Waals surface area contributed by atoms with E-state index in [0.717, 1.165) is 49.4 Å². The number of likely N-dealkylation sites (tertiary alicyclic amines) is 1. The van der Waals surface area contributed by atoms with Gasteiger partial charge in [-0.3, -0.25) is 4.79 Å². The number of aryl methyl sites for hydroxylation is 1. The topological polar surface area (TPSA) is 107 Å². The second kappa shape index (κ2) is 9.00. The Hall–Kier alpha value is -3.69. The number of aromatic carboxylic acids is 1. The van der Waals surface area contributed by atoms with Gasteiger partial charge in [0.15, 0.2) is 11.3 Å². The molecule has 3 aromatic rings. The van der Waals surface area contributed by atoms with E-state index in [0.29, 0.717) is 30.2 Å². The summed E-state index contributed by atoms with van der Waals surface area (Å²) in [6.07, 6.45) is 7.86. The van der Waals surface area contributed by atoms with Gasteiger partial charge in [0, 0.05) is 45.2 Å². The summed E-state index contributed by atoms with van der Waals surface area (Å²) in [7, 11) is 1.91. The van der Waals surface area contributed by atoms with Crippen LogP contribution in [0.25, 0.3) is 5.65 Å². The van der Waals surface area contributed by atoms with E-state index < -0.39 is 5.97 Å². The van der Waals surface area contributed by atoms with Crippen molar-refractivity contribution in [2.45, 2.75) is 39.0 Å². The molecule has 1 saturated carbocycles. The molecule has 194 valence electrons. The van der Waals surface area contributed by atoms with Crippen LogP contribution in [0, 0.1) is 18.3 Å². The molecule has 3 fully saturated rings. The van der Waals surface area contributed by atoms with Crippen LogP contribution in [0.2, 0.25) is 0 Å². The summed E-state index contributed by atoms with van der Waals surface area (Å²) < 4.78 is 1.77. The van der Waals surface area contributed by atoms with E-state index in [9.17, 15) is 14.7 Å². The lowest BCUT2D eigenvalue weighted by Gasteiger charge is -2.57. The van der Waals surface area contributed by atoms with Gasteiger partial charge in [0.1, 0.15) is 5.82 Å². The van der Waals surface area contributed by atoms with E-state index in [1.54, 1.807) is 10.6 Å². The zero-order chi connectivity index (χ0) is 25.7. The standard InChI is InChI=1S/C27H33N7O3/c1-18-13-20(33-16-27(17-33)9-4-10-27)15-34-24(18)29-23(30-34)25(35)32-12-8-19(14-32)7-11-31(2)22-6-3-5-21(28-22)26(36)37/h3,5-6,13,15,19H,4,7-12,14,16-17H2,1-2H3,(H,36,37). The number of nitrogens with zero attached hydrogens (tertiary/aromatic N) is 7. The lowest BCUT2D eigenvalue weighted by atomic mass is 9.63. The highest BCUT2D eigenvalue weighted by Gasteiger charge is 2.47. The number of amides is 1. The van der Waals surface area contributed by atoms with Crippen LogP contribution >= 0.6 is 0 Å². The predicted molar refractivity (Wildman–Crippen MR) is 139 cm³/mol. The second-order valence-electron chi connectivity index (χ2n) is 11.1. The summed E-state index contributed by atoms with van der Waals surface area (Å²) in [6, 6.07) is 7.17. The largest absolute Gasteiger partial charge is 0.477 e. The minimum atomic E-state index is -1.03. The molecule has 2 saturated heterocycles. The predicted octanol–water partition coefficient (Wildman–Crippen LogP) is 3.11. The minimum Gasteiger partial charge on any atom is -0.477 e. The molecule has 2 aliphatic heterocycles. The maximum absolute atomic E-state index is 13.3. The van der Waals surface area contributed by atoms with Crippen molar-refractivity contribution in [3.05, 3.63) is 47.5 Å². The van der Waals surface area contributed by atoms with Crippen molar-refractivity contribution >= 4 is 29.0 Å². The van der Waals surface area contributed by atoms with Gasteiger partial charge in [0.05, 0.1) is 11.9 Å². The van der Waals surface area contributed by atoms with Crippen LogP contribution in [0.1, 0.15) is 58.8 Å². The lowest BCUT2D eigenvalue weighted by molar-refractivity contribution is 0.0689. The number of carboxylic acid groups (broad SMARTS) is 1. The van der Waals surface area contributed by atoms with E-state index in [4.69, 9.17) is 0 Å². The average molecular weight is 504 g/mol. The Labute approximate surface area is 215 Å². The molecule has 1 N–H and O–H groups in total. The maximum atomic E-state index is 13.3. The molecule has 1 amide bonds. The first kappa shape index (κ1) is 23.7. The number of fused-ring (bicyclic) bond motifs is 1. The second-order valence-corrected chi connectivity index (χ2v) is 11.1. The fraction of sp³-hybridized carbons (Fsp3) is 0.519. The molecule has 3 aliphatic rings. The minimum absolute atomic E-state index is 0.0384. The Morgan fingerprint density at radius 2 is 2.03 bits per heavy atom. The molecular weight excluding hydrogens is 470 g/mol. The third-order valence-corrected chi connectivity index (χ3v) is 8.42. The first-order chi connectivity index (χ1) is 17.8. The molecule has 37 heavy (non-hydrogen) atoms. The highest BCUT2D eigenvalue weighted by atomic mass is 16.4. The number of rotatable bonds is 7. The Morgan fingerprint density at radius 1 is 1.22 bits per heavy atom. The van der Waals surface area contributed by atoms with Gasteiger partial charge in [0.2, 0.25) is 5.82 Å². The fourth-order valence-corrected chi connectivity index (χ4v) is 5.97. The third-order valence-electron chi connectivity index (χ3n) is 8.42. The number of hydrogen-bond donors (Lipinski definition) is 1. The number of carbonyl (C=O) groups excluding carboxylic acids is 1. The number of carbonyl (C=O) groups is 2. The average Bonchev–Trinajstić information content (AvgIpc) is 3.48. The molecule has 1 aliphatic carbocycles. The van der Waals surface area contributed by atoms with Crippen LogP contribution in [-0.4, -0.2) is 81.2 Å². The van der Waals surface area contributed by atoms with Crippen molar-refractivity contribution in [3.63, 3.8) is 0 Å². The third kappa shape index (κ3) is 4.38. The quantitative estimate of drug-likeness (QED) is 0.524. The normalized spacial score (nSPS) is 20.2. The Morgan fingerprint density at radius 3 is 2.76 bits per heavy atom. The lowest BCUT2D eigenvalue weighted by Crippen LogP contribution is -2.59. The van der Waals surface area contributed by atoms with E-state index in [1.165, 1.54) is 25.3 Å². The van der Waals surface area contributed by atoms with Gasteiger partial charge in [0.25, 0.3) is 5.91 Å². The van der Waals surface area contributed by atoms with Crippen molar-refractivity contribution in [3.8, 4) is 0 Å². The molecule has 5 heterocycles. The molecule has 1 atom stereocenters. The fourth-order valence-electron chi connectivity index (χ4n) is 5.97. The zero-order valence-electron chi connectivity index (χ0n) is 21.4. The first-order valence-electron chi connectivity index (χ1n) is 13.1. The van der Waals surface area contributed by atoms with Crippen LogP contribution in [0.3, 0.4) is 0 Å². The van der Waals surface area contributed by atoms with E-state index in [1.807, 2.05) is 36.0 Å². The molecule has 1 unspecified atom stereocenters. The molecule has 3 aromatic heterocycles. The van der Waals surface area contributed by atoms with Gasteiger partial charge in [-0.1, -0.05) is 12.5 Å². The molecular formula is C27H33N7O3.